The van der Waals surface area contributed by atoms with Crippen molar-refractivity contribution in [1.29, 1.82) is 0 Å². The molecule has 2 aromatic rings. The molecule has 0 aliphatic rings. The summed E-state index contributed by atoms with van der Waals surface area (Å²) in [5, 5.41) is 7.17. The summed E-state index contributed by atoms with van der Waals surface area (Å²) in [7, 11) is -3.71. The van der Waals surface area contributed by atoms with Crippen LogP contribution in [0.3, 0.4) is 0 Å². The maximum absolute atomic E-state index is 11.4. The normalized spacial score (nSPS) is 12.5. The molecule has 5 nitrogen and oxygen atoms in total. The first-order valence-electron chi connectivity index (χ1n) is 4.43. The predicted octanol–water partition coefficient (Wildman–Crippen LogP) is 0.914. The molecule has 0 aliphatic carbocycles. The number of primary sulfonamides is 1. The summed E-state index contributed by atoms with van der Waals surface area (Å²) in [6.45, 7) is 3.61. The van der Waals surface area contributed by atoms with Gasteiger partial charge >= 0.3 is 0 Å². The number of rotatable bonds is 2. The number of hydrogen-bond acceptors (Lipinski definition) is 4. The highest BCUT2D eigenvalue weighted by Crippen LogP contribution is 2.23. The Kier molecular flexibility index (Phi) is 2.32. The summed E-state index contributed by atoms with van der Waals surface area (Å²) in [6.07, 6.45) is 0.748. The first kappa shape index (κ1) is 10.6. The topological polar surface area (TPSA) is 77.5 Å². The quantitative estimate of drug-likeness (QED) is 0.854. The number of fused-ring (bicyclic) bond motifs is 1. The van der Waals surface area contributed by atoms with Crippen molar-refractivity contribution >= 4 is 26.3 Å². The van der Waals surface area contributed by atoms with Gasteiger partial charge in [-0.3, -0.25) is 4.40 Å². The average Bonchev–Trinajstić information content (AvgIpc) is 2.59. The lowest BCUT2D eigenvalue weighted by molar-refractivity contribution is 0.591. The van der Waals surface area contributed by atoms with Crippen LogP contribution >= 0.6 is 11.3 Å². The number of hydrogen-bond donors (Lipinski definition) is 1. The first-order chi connectivity index (χ1) is 6.95. The van der Waals surface area contributed by atoms with E-state index < -0.39 is 10.0 Å². The molecule has 0 saturated carbocycles. The smallest absolute Gasteiger partial charge is 0.255 e. The van der Waals surface area contributed by atoms with Crippen molar-refractivity contribution in [3.05, 3.63) is 16.8 Å². The molecule has 15 heavy (non-hydrogen) atoms. The third-order valence-electron chi connectivity index (χ3n) is 2.19. The lowest BCUT2D eigenvalue weighted by Crippen LogP contribution is -2.16. The van der Waals surface area contributed by atoms with Crippen molar-refractivity contribution in [1.82, 2.24) is 9.38 Å². The van der Waals surface area contributed by atoms with Gasteiger partial charge in [-0.2, -0.15) is 0 Å². The molecule has 2 aromatic heterocycles. The van der Waals surface area contributed by atoms with Gasteiger partial charge in [0.25, 0.3) is 10.0 Å². The molecular weight excluding hydrogens is 234 g/mol. The molecular formula is C8H11N3O2S2. The van der Waals surface area contributed by atoms with Gasteiger partial charge < -0.3 is 0 Å². The summed E-state index contributed by atoms with van der Waals surface area (Å²) >= 11 is 1.42. The summed E-state index contributed by atoms with van der Waals surface area (Å²) in [6, 6.07) is 0. The Hall–Kier alpha value is -0.920. The molecule has 0 unspecified atom stereocenters. The summed E-state index contributed by atoms with van der Waals surface area (Å²) in [5.41, 5.74) is 1.37. The molecule has 0 spiro atoms. The molecule has 0 fully saturated rings. The van der Waals surface area contributed by atoms with E-state index in [9.17, 15) is 8.42 Å². The Morgan fingerprint density at radius 3 is 2.80 bits per heavy atom. The molecule has 0 bridgehead atoms. The highest BCUT2D eigenvalue weighted by Gasteiger charge is 2.21. The van der Waals surface area contributed by atoms with Crippen LogP contribution in [-0.4, -0.2) is 17.8 Å². The van der Waals surface area contributed by atoms with E-state index in [2.05, 4.69) is 4.98 Å². The zero-order chi connectivity index (χ0) is 11.2. The Morgan fingerprint density at radius 1 is 1.60 bits per heavy atom. The van der Waals surface area contributed by atoms with Crippen LogP contribution in [0.1, 0.15) is 18.3 Å². The van der Waals surface area contributed by atoms with Crippen molar-refractivity contribution in [2.45, 2.75) is 25.3 Å². The van der Waals surface area contributed by atoms with Gasteiger partial charge in [0.1, 0.15) is 0 Å². The van der Waals surface area contributed by atoms with E-state index in [1.807, 2.05) is 12.3 Å². The van der Waals surface area contributed by atoms with E-state index in [-0.39, 0.29) is 5.03 Å². The Labute approximate surface area is 91.6 Å². The predicted molar refractivity (Wildman–Crippen MR) is 58.6 cm³/mol. The van der Waals surface area contributed by atoms with Gasteiger partial charge in [0, 0.05) is 11.1 Å². The van der Waals surface area contributed by atoms with E-state index in [0.717, 1.165) is 12.1 Å². The first-order valence-corrected chi connectivity index (χ1v) is 6.86. The third kappa shape index (κ3) is 1.56. The lowest BCUT2D eigenvalue weighted by Gasteiger charge is -2.00. The van der Waals surface area contributed by atoms with Crippen LogP contribution in [0.4, 0.5) is 0 Å². The second kappa shape index (κ2) is 3.29. The highest BCUT2D eigenvalue weighted by atomic mass is 32.2. The van der Waals surface area contributed by atoms with Crippen molar-refractivity contribution in [3.63, 3.8) is 0 Å². The zero-order valence-electron chi connectivity index (χ0n) is 8.39. The minimum Gasteiger partial charge on any atom is -0.277 e. The van der Waals surface area contributed by atoms with Crippen molar-refractivity contribution in [3.8, 4) is 0 Å². The SMILES string of the molecule is CCc1csc2nc(C)c(S(N)(=O)=O)n12. The molecule has 0 amide bonds. The van der Waals surface area contributed by atoms with E-state index >= 15 is 0 Å². The van der Waals surface area contributed by atoms with Crippen molar-refractivity contribution < 1.29 is 8.42 Å². The van der Waals surface area contributed by atoms with Crippen LogP contribution in [0.2, 0.25) is 0 Å². The second-order valence-corrected chi connectivity index (χ2v) is 5.56. The molecule has 82 valence electrons. The standard InChI is InChI=1S/C8H11N3O2S2/c1-3-6-4-14-8-10-5(2)7(11(6)8)15(9,12)13/h4H,3H2,1-2H3,(H2,9,12,13). The fourth-order valence-corrected chi connectivity index (χ4v) is 3.56. The van der Waals surface area contributed by atoms with Crippen LogP contribution in [0.15, 0.2) is 10.4 Å². The van der Waals surface area contributed by atoms with Crippen LogP contribution in [0.5, 0.6) is 0 Å². The van der Waals surface area contributed by atoms with Gasteiger partial charge in [0.2, 0.25) is 0 Å². The fraction of sp³-hybridized carbons (Fsp3) is 0.375. The Morgan fingerprint density at radius 2 is 2.27 bits per heavy atom. The van der Waals surface area contributed by atoms with E-state index in [0.29, 0.717) is 10.7 Å². The molecule has 0 radical (unpaired) electrons. The third-order valence-corrected chi connectivity index (χ3v) is 4.08. The number of aryl methyl sites for hydroxylation is 2. The Bertz CT molecular complexity index is 609. The molecule has 0 atom stereocenters. The minimum atomic E-state index is -3.71. The molecule has 2 heterocycles. The largest absolute Gasteiger partial charge is 0.277 e. The van der Waals surface area contributed by atoms with Crippen LogP contribution in [0.25, 0.3) is 4.96 Å². The van der Waals surface area contributed by atoms with E-state index in [1.165, 1.54) is 11.3 Å². The number of sulfonamides is 1. The maximum Gasteiger partial charge on any atom is 0.255 e. The molecule has 0 aliphatic heterocycles. The van der Waals surface area contributed by atoms with Gasteiger partial charge in [-0.1, -0.05) is 6.92 Å². The number of nitrogens with zero attached hydrogens (tertiary/aromatic N) is 2. The van der Waals surface area contributed by atoms with E-state index in [1.54, 1.807) is 11.3 Å². The van der Waals surface area contributed by atoms with Crippen molar-refractivity contribution in [2.24, 2.45) is 5.14 Å². The number of aromatic nitrogens is 2. The summed E-state index contributed by atoms with van der Waals surface area (Å²) in [5.74, 6) is 0. The second-order valence-electron chi connectivity index (χ2n) is 3.25. The zero-order valence-corrected chi connectivity index (χ0v) is 10.0. The van der Waals surface area contributed by atoms with Crippen molar-refractivity contribution in [2.75, 3.05) is 0 Å². The number of nitrogens with two attached hydrogens (primary N) is 1. The Balaban J connectivity index is 2.92. The number of thiazole rings is 1. The molecule has 2 N–H and O–H groups in total. The average molecular weight is 245 g/mol. The van der Waals surface area contributed by atoms with Gasteiger partial charge in [-0.05, 0) is 13.3 Å². The molecule has 0 saturated heterocycles. The maximum atomic E-state index is 11.4. The van der Waals surface area contributed by atoms with E-state index in [4.69, 9.17) is 5.14 Å². The van der Waals surface area contributed by atoms with Gasteiger partial charge in [0.15, 0.2) is 9.99 Å². The fourth-order valence-electron chi connectivity index (χ4n) is 1.57. The molecule has 0 aromatic carbocycles. The number of imidazole rings is 1. The van der Waals surface area contributed by atoms with Crippen LogP contribution in [0, 0.1) is 6.92 Å². The van der Waals surface area contributed by atoms with Crippen LogP contribution in [-0.2, 0) is 16.4 Å². The molecule has 7 heteroatoms. The lowest BCUT2D eigenvalue weighted by atomic mass is 10.4. The van der Waals surface area contributed by atoms with Gasteiger partial charge in [0.05, 0.1) is 5.69 Å². The van der Waals surface area contributed by atoms with Crippen LogP contribution < -0.4 is 5.14 Å². The van der Waals surface area contributed by atoms with Gasteiger partial charge in [-0.15, -0.1) is 11.3 Å². The summed E-state index contributed by atoms with van der Waals surface area (Å²) in [4.78, 5) is 4.84. The van der Waals surface area contributed by atoms with Gasteiger partial charge in [-0.25, -0.2) is 18.5 Å². The molecule has 2 rings (SSSR count). The summed E-state index contributed by atoms with van der Waals surface area (Å²) < 4.78 is 24.5. The highest BCUT2D eigenvalue weighted by molar-refractivity contribution is 7.89. The minimum absolute atomic E-state index is 0.107. The monoisotopic (exact) mass is 245 g/mol.